The number of unbranched alkanes of at least 4 members (excludes halogenated alkanes) is 1. The second-order valence-electron chi connectivity index (χ2n) is 3.38. The molecule has 0 atom stereocenters. The van der Waals surface area contributed by atoms with E-state index in [9.17, 15) is 4.79 Å². The number of carbonyl (C=O) groups excluding carboxylic acids is 1. The number of carbonyl (C=O) groups is 1. The van der Waals surface area contributed by atoms with E-state index in [2.05, 4.69) is 19.6 Å². The molecule has 0 saturated carbocycles. The van der Waals surface area contributed by atoms with E-state index in [0.29, 0.717) is 0 Å². The molecule has 0 aliphatic rings. The Hall–Kier alpha value is -0.760. The maximum Gasteiger partial charge on any atom is 0.172 e. The first-order valence-electron chi connectivity index (χ1n) is 5.01. The summed E-state index contributed by atoms with van der Waals surface area (Å²) in [6.07, 6.45) is 3.52. The van der Waals surface area contributed by atoms with Crippen LogP contribution in [-0.2, 0) is 6.42 Å². The third kappa shape index (κ3) is 3.18. The Morgan fingerprint density at radius 1 is 1.29 bits per heavy atom. The predicted octanol–water partition coefficient (Wildman–Crippen LogP) is 3.14. The third-order valence-corrected chi connectivity index (χ3v) is 2.53. The summed E-state index contributed by atoms with van der Waals surface area (Å²) in [5, 5.41) is 0. The molecular weight excluding hydrogens is 192 g/mol. The Morgan fingerprint density at radius 3 is 2.43 bits per heavy atom. The maximum atomic E-state index is 11.3. The molecule has 0 radical (unpaired) electrons. The molecule has 0 spiro atoms. The summed E-state index contributed by atoms with van der Waals surface area (Å²) in [7, 11) is 0. The van der Waals surface area contributed by atoms with Gasteiger partial charge in [-0.15, -0.1) is 0 Å². The van der Waals surface area contributed by atoms with Gasteiger partial charge in [-0.2, -0.15) is 12.6 Å². The van der Waals surface area contributed by atoms with Gasteiger partial charge in [-0.05, 0) is 18.4 Å². The zero-order valence-corrected chi connectivity index (χ0v) is 9.39. The molecule has 0 amide bonds. The maximum absolute atomic E-state index is 11.3. The first-order chi connectivity index (χ1) is 6.77. The van der Waals surface area contributed by atoms with Gasteiger partial charge in [0.15, 0.2) is 5.78 Å². The van der Waals surface area contributed by atoms with Crippen molar-refractivity contribution in [3.05, 3.63) is 35.4 Å². The van der Waals surface area contributed by atoms with Crippen LogP contribution in [0, 0.1) is 0 Å². The Bertz CT molecular complexity index is 290. The van der Waals surface area contributed by atoms with Gasteiger partial charge in [0.05, 0.1) is 5.75 Å². The number of thiol groups is 1. The van der Waals surface area contributed by atoms with Crippen LogP contribution in [-0.4, -0.2) is 11.5 Å². The van der Waals surface area contributed by atoms with E-state index in [1.807, 2.05) is 24.3 Å². The Labute approximate surface area is 90.9 Å². The Balaban J connectivity index is 2.63. The Morgan fingerprint density at radius 2 is 1.93 bits per heavy atom. The lowest BCUT2D eigenvalue weighted by Crippen LogP contribution is -2.00. The highest BCUT2D eigenvalue weighted by Gasteiger charge is 2.02. The minimum atomic E-state index is 0.0929. The van der Waals surface area contributed by atoms with Crippen molar-refractivity contribution in [2.45, 2.75) is 26.2 Å². The molecule has 0 N–H and O–H groups in total. The van der Waals surface area contributed by atoms with Gasteiger partial charge in [0.25, 0.3) is 0 Å². The van der Waals surface area contributed by atoms with Crippen LogP contribution in [0.5, 0.6) is 0 Å². The Kier molecular flexibility index (Phi) is 4.74. The quantitative estimate of drug-likeness (QED) is 0.581. The molecule has 1 rings (SSSR count). The fourth-order valence-corrected chi connectivity index (χ4v) is 1.51. The molecule has 1 nitrogen and oxygen atoms in total. The van der Waals surface area contributed by atoms with Crippen molar-refractivity contribution >= 4 is 18.4 Å². The lowest BCUT2D eigenvalue weighted by atomic mass is 10.1. The van der Waals surface area contributed by atoms with E-state index in [1.165, 1.54) is 18.4 Å². The van der Waals surface area contributed by atoms with Crippen LogP contribution >= 0.6 is 12.6 Å². The topological polar surface area (TPSA) is 17.1 Å². The summed E-state index contributed by atoms with van der Waals surface area (Å²) < 4.78 is 0. The summed E-state index contributed by atoms with van der Waals surface area (Å²) in [4.78, 5) is 11.3. The lowest BCUT2D eigenvalue weighted by Gasteiger charge is -2.01. The molecular formula is C12H16OS. The summed E-state index contributed by atoms with van der Waals surface area (Å²) >= 11 is 3.96. The molecule has 0 aliphatic carbocycles. The summed E-state index contributed by atoms with van der Waals surface area (Å²) in [5.74, 6) is 0.379. The SMILES string of the molecule is CCCCc1ccc(C(=O)CS)cc1. The normalized spacial score (nSPS) is 10.1. The molecule has 0 fully saturated rings. The van der Waals surface area contributed by atoms with Crippen LogP contribution < -0.4 is 0 Å². The first kappa shape index (κ1) is 11.3. The van der Waals surface area contributed by atoms with Crippen LogP contribution in [0.3, 0.4) is 0 Å². The molecule has 0 unspecified atom stereocenters. The van der Waals surface area contributed by atoms with Crippen molar-refractivity contribution in [1.82, 2.24) is 0 Å². The average molecular weight is 208 g/mol. The molecule has 0 aliphatic heterocycles. The zero-order chi connectivity index (χ0) is 10.4. The molecule has 14 heavy (non-hydrogen) atoms. The van der Waals surface area contributed by atoms with E-state index in [0.717, 1.165) is 12.0 Å². The van der Waals surface area contributed by atoms with E-state index < -0.39 is 0 Å². The fraction of sp³-hybridized carbons (Fsp3) is 0.417. The van der Waals surface area contributed by atoms with Crippen LogP contribution in [0.25, 0.3) is 0 Å². The number of aryl methyl sites for hydroxylation is 1. The molecule has 0 bridgehead atoms. The molecule has 0 saturated heterocycles. The second kappa shape index (κ2) is 5.86. The second-order valence-corrected chi connectivity index (χ2v) is 3.70. The van der Waals surface area contributed by atoms with Crippen LogP contribution in [0.4, 0.5) is 0 Å². The third-order valence-electron chi connectivity index (χ3n) is 2.24. The molecule has 1 aromatic rings. The van der Waals surface area contributed by atoms with Gasteiger partial charge in [-0.1, -0.05) is 37.6 Å². The van der Waals surface area contributed by atoms with Crippen LogP contribution in [0.2, 0.25) is 0 Å². The van der Waals surface area contributed by atoms with Gasteiger partial charge >= 0.3 is 0 Å². The standard InChI is InChI=1S/C12H16OS/c1-2-3-4-10-5-7-11(8-6-10)12(13)9-14/h5-8,14H,2-4,9H2,1H3. The number of Topliss-reactive ketones (excluding diaryl/α,β-unsaturated/α-hetero) is 1. The van der Waals surface area contributed by atoms with Crippen molar-refractivity contribution in [2.24, 2.45) is 0 Å². The highest BCUT2D eigenvalue weighted by Crippen LogP contribution is 2.08. The molecule has 76 valence electrons. The van der Waals surface area contributed by atoms with Gasteiger partial charge in [-0.25, -0.2) is 0 Å². The van der Waals surface area contributed by atoms with Crippen molar-refractivity contribution in [2.75, 3.05) is 5.75 Å². The van der Waals surface area contributed by atoms with Gasteiger partial charge in [-0.3, -0.25) is 4.79 Å². The number of hydrogen-bond acceptors (Lipinski definition) is 2. The number of benzene rings is 1. The monoisotopic (exact) mass is 208 g/mol. The molecule has 2 heteroatoms. The highest BCUT2D eigenvalue weighted by molar-refractivity contribution is 7.81. The van der Waals surface area contributed by atoms with Crippen LogP contribution in [0.1, 0.15) is 35.7 Å². The molecule has 1 aromatic carbocycles. The van der Waals surface area contributed by atoms with E-state index >= 15 is 0 Å². The summed E-state index contributed by atoms with van der Waals surface area (Å²) in [6, 6.07) is 7.85. The summed E-state index contributed by atoms with van der Waals surface area (Å²) in [6.45, 7) is 2.18. The lowest BCUT2D eigenvalue weighted by molar-refractivity contribution is 0.102. The van der Waals surface area contributed by atoms with Gasteiger partial charge in [0, 0.05) is 5.56 Å². The first-order valence-corrected chi connectivity index (χ1v) is 5.64. The average Bonchev–Trinajstić information content (AvgIpc) is 2.26. The van der Waals surface area contributed by atoms with E-state index in [-0.39, 0.29) is 11.5 Å². The van der Waals surface area contributed by atoms with Crippen LogP contribution in [0.15, 0.2) is 24.3 Å². The van der Waals surface area contributed by atoms with Crippen molar-refractivity contribution in [3.8, 4) is 0 Å². The predicted molar refractivity (Wildman–Crippen MR) is 63.2 cm³/mol. The smallest absolute Gasteiger partial charge is 0.172 e. The fourth-order valence-electron chi connectivity index (χ4n) is 1.33. The number of ketones is 1. The highest BCUT2D eigenvalue weighted by atomic mass is 32.1. The number of rotatable bonds is 5. The summed E-state index contributed by atoms with van der Waals surface area (Å²) in [5.41, 5.74) is 2.07. The van der Waals surface area contributed by atoms with E-state index in [1.54, 1.807) is 0 Å². The number of hydrogen-bond donors (Lipinski definition) is 1. The van der Waals surface area contributed by atoms with Gasteiger partial charge in [0.2, 0.25) is 0 Å². The van der Waals surface area contributed by atoms with Gasteiger partial charge < -0.3 is 0 Å². The van der Waals surface area contributed by atoms with Crippen molar-refractivity contribution in [1.29, 1.82) is 0 Å². The van der Waals surface area contributed by atoms with Crippen molar-refractivity contribution in [3.63, 3.8) is 0 Å². The van der Waals surface area contributed by atoms with Crippen molar-refractivity contribution < 1.29 is 4.79 Å². The molecule has 0 aromatic heterocycles. The molecule has 0 heterocycles. The van der Waals surface area contributed by atoms with Gasteiger partial charge in [0.1, 0.15) is 0 Å². The largest absolute Gasteiger partial charge is 0.293 e. The zero-order valence-electron chi connectivity index (χ0n) is 8.49. The minimum Gasteiger partial charge on any atom is -0.293 e. The van der Waals surface area contributed by atoms with E-state index in [4.69, 9.17) is 0 Å². The minimum absolute atomic E-state index is 0.0929.